The van der Waals surface area contributed by atoms with Gasteiger partial charge in [-0.05, 0) is 70.4 Å². The average Bonchev–Trinajstić information content (AvgIpc) is 2.96. The molecule has 1 aromatic rings. The van der Waals surface area contributed by atoms with Crippen LogP contribution in [0.25, 0.3) is 0 Å². The highest BCUT2D eigenvalue weighted by molar-refractivity contribution is 5.76. The largest absolute Gasteiger partial charge is 0.493 e. The van der Waals surface area contributed by atoms with Gasteiger partial charge >= 0.3 is 6.09 Å². The molecule has 1 aromatic carbocycles. The molecule has 33 heavy (non-hydrogen) atoms. The minimum Gasteiger partial charge on any atom is -0.493 e. The van der Waals surface area contributed by atoms with Gasteiger partial charge in [0.2, 0.25) is 5.91 Å². The Morgan fingerprint density at radius 2 is 1.58 bits per heavy atom. The standard InChI is InChI=1S/C27H44N2O4/c1-21-13-14-23(22(20-21)26(2,3)4)32-19-10-8-9-12-24(30)28-15-11-16-29(18-17-28)25(31)33-27(5,6)7/h13-14,20H,8-12,15-19H2,1-7H3. The molecule has 1 fully saturated rings. The van der Waals surface area contributed by atoms with Crippen LogP contribution >= 0.6 is 0 Å². The first-order chi connectivity index (χ1) is 15.4. The van der Waals surface area contributed by atoms with Gasteiger partial charge in [0.25, 0.3) is 0 Å². The third-order valence-electron chi connectivity index (χ3n) is 5.74. The van der Waals surface area contributed by atoms with E-state index in [2.05, 4.69) is 45.9 Å². The fraction of sp³-hybridized carbons (Fsp3) is 0.704. The summed E-state index contributed by atoms with van der Waals surface area (Å²) in [7, 11) is 0. The molecule has 2 rings (SSSR count). The van der Waals surface area contributed by atoms with Crippen LogP contribution in [0.1, 0.15) is 84.8 Å². The van der Waals surface area contributed by atoms with E-state index in [1.165, 1.54) is 11.1 Å². The zero-order chi connectivity index (χ0) is 24.6. The number of rotatable bonds is 7. The smallest absolute Gasteiger partial charge is 0.410 e. The van der Waals surface area contributed by atoms with E-state index in [1.54, 1.807) is 4.90 Å². The Hall–Kier alpha value is -2.24. The van der Waals surface area contributed by atoms with Gasteiger partial charge in [-0.1, -0.05) is 38.5 Å². The molecule has 0 saturated carbocycles. The molecule has 1 saturated heterocycles. The minimum atomic E-state index is -0.504. The van der Waals surface area contributed by atoms with Crippen LogP contribution in [-0.4, -0.2) is 60.2 Å². The van der Waals surface area contributed by atoms with Crippen LogP contribution < -0.4 is 4.74 Å². The molecular formula is C27H44N2O4. The van der Waals surface area contributed by atoms with Gasteiger partial charge in [0.05, 0.1) is 6.61 Å². The van der Waals surface area contributed by atoms with Crippen LogP contribution in [0, 0.1) is 6.92 Å². The first-order valence-electron chi connectivity index (χ1n) is 12.4. The van der Waals surface area contributed by atoms with Crippen molar-refractivity contribution in [1.82, 2.24) is 9.80 Å². The topological polar surface area (TPSA) is 59.1 Å². The normalized spacial score (nSPS) is 15.2. The molecule has 0 spiro atoms. The molecule has 0 bridgehead atoms. The Labute approximate surface area is 200 Å². The molecule has 0 N–H and O–H groups in total. The van der Waals surface area contributed by atoms with Crippen molar-refractivity contribution in [2.75, 3.05) is 32.8 Å². The maximum Gasteiger partial charge on any atom is 0.410 e. The molecular weight excluding hydrogens is 416 g/mol. The maximum absolute atomic E-state index is 12.7. The monoisotopic (exact) mass is 460 g/mol. The van der Waals surface area contributed by atoms with Crippen LogP contribution in [0.3, 0.4) is 0 Å². The summed E-state index contributed by atoms with van der Waals surface area (Å²) in [6.45, 7) is 17.4. The van der Waals surface area contributed by atoms with Crippen molar-refractivity contribution in [3.63, 3.8) is 0 Å². The van der Waals surface area contributed by atoms with Crippen molar-refractivity contribution in [3.05, 3.63) is 29.3 Å². The van der Waals surface area contributed by atoms with Gasteiger partial charge in [0.15, 0.2) is 0 Å². The second-order valence-electron chi connectivity index (χ2n) is 11.1. The van der Waals surface area contributed by atoms with Crippen LogP contribution in [-0.2, 0) is 14.9 Å². The van der Waals surface area contributed by atoms with Crippen molar-refractivity contribution >= 4 is 12.0 Å². The predicted molar refractivity (Wildman–Crippen MR) is 133 cm³/mol. The Bertz CT molecular complexity index is 792. The highest BCUT2D eigenvalue weighted by Gasteiger charge is 2.25. The van der Waals surface area contributed by atoms with E-state index in [-0.39, 0.29) is 17.4 Å². The summed E-state index contributed by atoms with van der Waals surface area (Å²) < 4.78 is 11.5. The zero-order valence-electron chi connectivity index (χ0n) is 21.8. The molecule has 0 radical (unpaired) electrons. The summed E-state index contributed by atoms with van der Waals surface area (Å²) in [5.41, 5.74) is 2.02. The second kappa shape index (κ2) is 11.8. The summed E-state index contributed by atoms with van der Waals surface area (Å²) in [5, 5.41) is 0. The number of amides is 2. The summed E-state index contributed by atoms with van der Waals surface area (Å²) >= 11 is 0. The number of benzene rings is 1. The third kappa shape index (κ3) is 9.26. The number of aryl methyl sites for hydroxylation is 1. The lowest BCUT2D eigenvalue weighted by Gasteiger charge is -2.26. The molecule has 0 aromatic heterocycles. The van der Waals surface area contributed by atoms with Gasteiger partial charge in [-0.25, -0.2) is 4.79 Å². The average molecular weight is 461 g/mol. The molecule has 1 heterocycles. The van der Waals surface area contributed by atoms with Crippen molar-refractivity contribution in [1.29, 1.82) is 0 Å². The summed E-state index contributed by atoms with van der Waals surface area (Å²) in [4.78, 5) is 28.6. The molecule has 2 amide bonds. The molecule has 1 aliphatic rings. The number of unbranched alkanes of at least 4 members (excludes halogenated alkanes) is 2. The van der Waals surface area contributed by atoms with Gasteiger partial charge < -0.3 is 19.3 Å². The van der Waals surface area contributed by atoms with Crippen molar-refractivity contribution in [2.45, 2.75) is 91.6 Å². The summed E-state index contributed by atoms with van der Waals surface area (Å²) in [6, 6.07) is 6.37. The highest BCUT2D eigenvalue weighted by atomic mass is 16.6. The third-order valence-corrected chi connectivity index (χ3v) is 5.74. The minimum absolute atomic E-state index is 0.0417. The van der Waals surface area contributed by atoms with E-state index in [0.29, 0.717) is 39.2 Å². The molecule has 186 valence electrons. The van der Waals surface area contributed by atoms with Gasteiger partial charge in [-0.15, -0.1) is 0 Å². The zero-order valence-corrected chi connectivity index (χ0v) is 21.8. The fourth-order valence-electron chi connectivity index (χ4n) is 3.93. The Balaban J connectivity index is 1.69. The van der Waals surface area contributed by atoms with E-state index >= 15 is 0 Å². The van der Waals surface area contributed by atoms with Crippen molar-refractivity contribution in [3.8, 4) is 5.75 Å². The quantitative estimate of drug-likeness (QED) is 0.490. The first kappa shape index (κ1) is 27.0. The first-order valence-corrected chi connectivity index (χ1v) is 12.4. The molecule has 0 unspecified atom stereocenters. The maximum atomic E-state index is 12.7. The Morgan fingerprint density at radius 1 is 0.909 bits per heavy atom. The lowest BCUT2D eigenvalue weighted by Crippen LogP contribution is -2.40. The number of carbonyl (C=O) groups is 2. The van der Waals surface area contributed by atoms with Crippen LogP contribution in [0.15, 0.2) is 18.2 Å². The summed E-state index contributed by atoms with van der Waals surface area (Å²) in [6.07, 6.45) is 3.78. The molecule has 1 aliphatic heterocycles. The van der Waals surface area contributed by atoms with Gasteiger partial charge in [-0.2, -0.15) is 0 Å². The summed E-state index contributed by atoms with van der Waals surface area (Å²) in [5.74, 6) is 1.14. The highest BCUT2D eigenvalue weighted by Crippen LogP contribution is 2.32. The molecule has 6 heteroatoms. The van der Waals surface area contributed by atoms with E-state index in [0.717, 1.165) is 31.4 Å². The van der Waals surface area contributed by atoms with Gasteiger partial charge in [0, 0.05) is 32.6 Å². The van der Waals surface area contributed by atoms with Crippen LogP contribution in [0.4, 0.5) is 4.79 Å². The lowest BCUT2D eigenvalue weighted by atomic mass is 9.85. The van der Waals surface area contributed by atoms with Crippen LogP contribution in [0.2, 0.25) is 0 Å². The molecule has 0 atom stereocenters. The van der Waals surface area contributed by atoms with Gasteiger partial charge in [0.1, 0.15) is 11.4 Å². The van der Waals surface area contributed by atoms with E-state index in [9.17, 15) is 9.59 Å². The number of ether oxygens (including phenoxy) is 2. The second-order valence-corrected chi connectivity index (χ2v) is 11.1. The predicted octanol–water partition coefficient (Wildman–Crippen LogP) is 5.70. The Kier molecular flexibility index (Phi) is 9.62. The van der Waals surface area contributed by atoms with Crippen molar-refractivity contribution < 1.29 is 19.1 Å². The van der Waals surface area contributed by atoms with E-state index in [4.69, 9.17) is 9.47 Å². The number of nitrogens with zero attached hydrogens (tertiary/aromatic N) is 2. The molecule has 6 nitrogen and oxygen atoms in total. The number of hydrogen-bond donors (Lipinski definition) is 0. The Morgan fingerprint density at radius 3 is 2.24 bits per heavy atom. The van der Waals surface area contributed by atoms with Gasteiger partial charge in [-0.3, -0.25) is 4.79 Å². The number of carbonyl (C=O) groups excluding carboxylic acids is 2. The fourth-order valence-corrected chi connectivity index (χ4v) is 3.93. The lowest BCUT2D eigenvalue weighted by molar-refractivity contribution is -0.131. The number of hydrogen-bond acceptors (Lipinski definition) is 4. The van der Waals surface area contributed by atoms with E-state index < -0.39 is 5.60 Å². The van der Waals surface area contributed by atoms with E-state index in [1.807, 2.05) is 25.7 Å². The SMILES string of the molecule is Cc1ccc(OCCCCCC(=O)N2CCCN(C(=O)OC(C)(C)C)CC2)c(C(C)(C)C)c1. The van der Waals surface area contributed by atoms with Crippen LogP contribution in [0.5, 0.6) is 5.75 Å². The molecule has 0 aliphatic carbocycles. The van der Waals surface area contributed by atoms with Crippen molar-refractivity contribution in [2.24, 2.45) is 0 Å².